The molecule has 0 bridgehead atoms. The lowest BCUT2D eigenvalue weighted by atomic mass is 10.1. The van der Waals surface area contributed by atoms with E-state index in [0.717, 1.165) is 16.9 Å². The number of methoxy groups -OCH3 is 1. The third kappa shape index (κ3) is 3.05. The van der Waals surface area contributed by atoms with Crippen LogP contribution in [0, 0.1) is 6.92 Å². The molecule has 0 atom stereocenters. The van der Waals surface area contributed by atoms with Crippen LogP contribution in [-0.2, 0) is 11.2 Å². The van der Waals surface area contributed by atoms with E-state index >= 15 is 0 Å². The summed E-state index contributed by atoms with van der Waals surface area (Å²) in [5.41, 5.74) is 2.23. The van der Waals surface area contributed by atoms with Crippen LogP contribution in [0.4, 0.5) is 0 Å². The van der Waals surface area contributed by atoms with Crippen molar-refractivity contribution in [3.8, 4) is 17.0 Å². The minimum Gasteiger partial charge on any atom is -0.496 e. The highest BCUT2D eigenvalue weighted by molar-refractivity contribution is 6.63. The smallest absolute Gasteiger partial charge is 0.267 e. The quantitative estimate of drug-likeness (QED) is 0.876. The minimum atomic E-state index is -0.585. The van der Waals surface area contributed by atoms with Gasteiger partial charge in [-0.05, 0) is 48.4 Å². The van der Waals surface area contributed by atoms with E-state index < -0.39 is 10.8 Å². The maximum atomic E-state index is 11.6. The zero-order valence-corrected chi connectivity index (χ0v) is 11.8. The van der Waals surface area contributed by atoms with Crippen molar-refractivity contribution in [2.24, 2.45) is 0 Å². The van der Waals surface area contributed by atoms with Gasteiger partial charge in [0, 0.05) is 11.1 Å². The van der Waals surface area contributed by atoms with Crippen LogP contribution in [0.3, 0.4) is 0 Å². The summed E-state index contributed by atoms with van der Waals surface area (Å²) in [5, 5.41) is 5.77. The molecule has 0 radical (unpaired) electrons. The number of carbonyl (C=O) groups excluding carboxylic acids is 1. The monoisotopic (exact) mass is 292 g/mol. The molecule has 1 heterocycles. The van der Waals surface area contributed by atoms with Gasteiger partial charge in [-0.3, -0.25) is 9.59 Å². The largest absolute Gasteiger partial charge is 0.496 e. The van der Waals surface area contributed by atoms with Gasteiger partial charge in [0.2, 0.25) is 5.24 Å². The van der Waals surface area contributed by atoms with Crippen LogP contribution < -0.4 is 10.3 Å². The fourth-order valence-corrected chi connectivity index (χ4v) is 2.06. The second kappa shape index (κ2) is 5.88. The van der Waals surface area contributed by atoms with Gasteiger partial charge >= 0.3 is 0 Å². The van der Waals surface area contributed by atoms with Gasteiger partial charge in [-0.2, -0.15) is 5.10 Å². The van der Waals surface area contributed by atoms with Crippen LogP contribution in [0.2, 0.25) is 0 Å². The van der Waals surface area contributed by atoms with Crippen LogP contribution in [-0.4, -0.2) is 22.5 Å². The Balaban J connectivity index is 2.45. The zero-order valence-electron chi connectivity index (χ0n) is 11.1. The summed E-state index contributed by atoms with van der Waals surface area (Å²) in [6, 6.07) is 7.12. The van der Waals surface area contributed by atoms with Crippen LogP contribution in [0.15, 0.2) is 29.1 Å². The molecule has 104 valence electrons. The Bertz CT molecular complexity index is 710. The number of hydrogen-bond donors (Lipinski definition) is 1. The van der Waals surface area contributed by atoms with Gasteiger partial charge in [0.05, 0.1) is 19.2 Å². The molecule has 5 nitrogen and oxygen atoms in total. The van der Waals surface area contributed by atoms with Crippen LogP contribution in [0.25, 0.3) is 11.3 Å². The number of aromatic amines is 1. The Morgan fingerprint density at radius 3 is 2.75 bits per heavy atom. The van der Waals surface area contributed by atoms with Gasteiger partial charge in [-0.25, -0.2) is 5.10 Å². The van der Waals surface area contributed by atoms with Gasteiger partial charge in [-0.1, -0.05) is 0 Å². The molecule has 0 aliphatic heterocycles. The Morgan fingerprint density at radius 1 is 1.40 bits per heavy atom. The van der Waals surface area contributed by atoms with Crippen LogP contribution in [0.5, 0.6) is 5.75 Å². The summed E-state index contributed by atoms with van der Waals surface area (Å²) in [5.74, 6) is 0.773. The van der Waals surface area contributed by atoms with Crippen LogP contribution >= 0.6 is 11.6 Å². The maximum absolute atomic E-state index is 11.6. The van der Waals surface area contributed by atoms with Crippen molar-refractivity contribution < 1.29 is 9.53 Å². The number of benzene rings is 1. The lowest BCUT2D eigenvalue weighted by molar-refractivity contribution is -0.111. The molecule has 1 aromatic heterocycles. The number of rotatable bonds is 4. The second-order valence-corrected chi connectivity index (χ2v) is 4.75. The number of aryl methyl sites for hydroxylation is 1. The lowest BCUT2D eigenvalue weighted by Crippen LogP contribution is -2.16. The maximum Gasteiger partial charge on any atom is 0.267 e. The number of nitrogens with one attached hydrogen (secondary N) is 1. The molecule has 2 rings (SSSR count). The molecular formula is C14H13ClN2O3. The molecule has 0 saturated carbocycles. The number of ether oxygens (including phenoxy) is 1. The van der Waals surface area contributed by atoms with Crippen molar-refractivity contribution in [2.45, 2.75) is 13.3 Å². The Hall–Kier alpha value is -2.14. The first-order chi connectivity index (χ1) is 9.51. The predicted molar refractivity (Wildman–Crippen MR) is 76.1 cm³/mol. The summed E-state index contributed by atoms with van der Waals surface area (Å²) in [6.07, 6.45) is -0.123. The average Bonchev–Trinajstić information content (AvgIpc) is 2.40. The van der Waals surface area contributed by atoms with Crippen molar-refractivity contribution in [3.63, 3.8) is 0 Å². The number of halogens is 1. The van der Waals surface area contributed by atoms with Crippen molar-refractivity contribution in [2.75, 3.05) is 7.11 Å². The first kappa shape index (κ1) is 14.3. The van der Waals surface area contributed by atoms with Crippen molar-refractivity contribution in [1.29, 1.82) is 0 Å². The van der Waals surface area contributed by atoms with Gasteiger partial charge in [0.15, 0.2) is 0 Å². The van der Waals surface area contributed by atoms with Gasteiger partial charge in [0.25, 0.3) is 5.56 Å². The number of aromatic nitrogens is 2. The molecule has 0 spiro atoms. The van der Waals surface area contributed by atoms with E-state index in [2.05, 4.69) is 10.2 Å². The van der Waals surface area contributed by atoms with Gasteiger partial charge in [-0.15, -0.1) is 0 Å². The summed E-state index contributed by atoms with van der Waals surface area (Å²) in [6.45, 7) is 1.91. The molecule has 2 aromatic rings. The highest BCUT2D eigenvalue weighted by Gasteiger charge is 2.09. The average molecular weight is 293 g/mol. The number of nitrogens with zero attached hydrogens (tertiary/aromatic N) is 1. The van der Waals surface area contributed by atoms with E-state index in [4.69, 9.17) is 16.3 Å². The second-order valence-electron chi connectivity index (χ2n) is 4.32. The van der Waals surface area contributed by atoms with Crippen molar-refractivity contribution >= 4 is 16.8 Å². The first-order valence-electron chi connectivity index (χ1n) is 5.93. The number of H-pyrrole nitrogens is 1. The fourth-order valence-electron chi connectivity index (χ4n) is 1.91. The SMILES string of the molecule is COc1ccc(-c2cc(CC(=O)Cl)c(=O)[nH]n2)cc1C. The van der Waals surface area contributed by atoms with E-state index in [-0.39, 0.29) is 6.42 Å². The molecule has 20 heavy (non-hydrogen) atoms. The van der Waals surface area contributed by atoms with E-state index in [9.17, 15) is 9.59 Å². The Morgan fingerprint density at radius 2 is 2.15 bits per heavy atom. The molecule has 0 unspecified atom stereocenters. The summed E-state index contributed by atoms with van der Waals surface area (Å²) in [7, 11) is 1.60. The molecule has 1 N–H and O–H groups in total. The Labute approximate surface area is 120 Å². The van der Waals surface area contributed by atoms with E-state index in [1.54, 1.807) is 13.2 Å². The lowest BCUT2D eigenvalue weighted by Gasteiger charge is -2.07. The molecule has 0 aliphatic carbocycles. The van der Waals surface area contributed by atoms with E-state index in [1.807, 2.05) is 25.1 Å². The third-order valence-corrected chi connectivity index (χ3v) is 3.03. The van der Waals surface area contributed by atoms with E-state index in [0.29, 0.717) is 11.3 Å². The Kier molecular flexibility index (Phi) is 4.20. The normalized spacial score (nSPS) is 10.3. The minimum absolute atomic E-state index is 0.123. The molecule has 0 fully saturated rings. The summed E-state index contributed by atoms with van der Waals surface area (Å²) in [4.78, 5) is 22.5. The summed E-state index contributed by atoms with van der Waals surface area (Å²) >= 11 is 5.32. The molecule has 0 aliphatic rings. The van der Waals surface area contributed by atoms with Crippen molar-refractivity contribution in [1.82, 2.24) is 10.2 Å². The molecule has 1 aromatic carbocycles. The third-order valence-electron chi connectivity index (χ3n) is 2.90. The van der Waals surface area contributed by atoms with E-state index in [1.165, 1.54) is 0 Å². The molecular weight excluding hydrogens is 280 g/mol. The summed E-state index contributed by atoms with van der Waals surface area (Å²) < 4.78 is 5.19. The number of hydrogen-bond acceptors (Lipinski definition) is 4. The fraction of sp³-hybridized carbons (Fsp3) is 0.214. The molecule has 0 saturated heterocycles. The highest BCUT2D eigenvalue weighted by Crippen LogP contribution is 2.24. The molecule has 0 amide bonds. The van der Waals surface area contributed by atoms with Crippen molar-refractivity contribution in [3.05, 3.63) is 45.7 Å². The zero-order chi connectivity index (χ0) is 14.7. The molecule has 6 heteroatoms. The number of carbonyl (C=O) groups is 1. The van der Waals surface area contributed by atoms with Gasteiger partial charge < -0.3 is 4.74 Å². The topological polar surface area (TPSA) is 72.1 Å². The first-order valence-corrected chi connectivity index (χ1v) is 6.31. The van der Waals surface area contributed by atoms with Crippen LogP contribution in [0.1, 0.15) is 11.1 Å². The predicted octanol–water partition coefficient (Wildman–Crippen LogP) is 2.06. The highest BCUT2D eigenvalue weighted by atomic mass is 35.5. The van der Waals surface area contributed by atoms with Gasteiger partial charge in [0.1, 0.15) is 5.75 Å². The standard InChI is InChI=1S/C14H13ClN2O3/c1-8-5-9(3-4-12(8)20-2)11-6-10(7-13(15)18)14(19)17-16-11/h3-6H,7H2,1-2H3,(H,17,19).